The minimum absolute atomic E-state index is 0.0106. The number of terminal acetylenes is 1. The van der Waals surface area contributed by atoms with Crippen molar-refractivity contribution in [1.82, 2.24) is 5.32 Å². The Balaban J connectivity index is 1.81. The Kier molecular flexibility index (Phi) is 8.22. The fourth-order valence-corrected chi connectivity index (χ4v) is 4.26. The van der Waals surface area contributed by atoms with Crippen molar-refractivity contribution in [3.8, 4) is 23.8 Å². The number of methoxy groups -OCH3 is 2. The van der Waals surface area contributed by atoms with Gasteiger partial charge >= 0.3 is 0 Å². The standard InChI is InChI=1S/C25H28ClNO4/c1-4-15-31-24(17-9-12-19(26)13-10-17)25(28)27-21-8-6-5-7-20(21)18-11-14-22(29-2)23(16-18)30-3/h1,9-14,16,20-21,24H,5-8,15H2,2-3H3,(H,27,28)/t20-,21+,24?/m1/s1. The normalized spacial score (nSPS) is 19.2. The summed E-state index contributed by atoms with van der Waals surface area (Å²) in [6, 6.07) is 13.0. The van der Waals surface area contributed by atoms with Crippen molar-refractivity contribution >= 4 is 17.5 Å². The van der Waals surface area contributed by atoms with Gasteiger partial charge in [-0.25, -0.2) is 0 Å². The number of halogens is 1. The minimum Gasteiger partial charge on any atom is -0.493 e. The summed E-state index contributed by atoms with van der Waals surface area (Å²) in [4.78, 5) is 13.2. The van der Waals surface area contributed by atoms with Crippen LogP contribution in [0.1, 0.15) is 48.8 Å². The highest BCUT2D eigenvalue weighted by Crippen LogP contribution is 2.38. The van der Waals surface area contributed by atoms with Gasteiger partial charge in [0.2, 0.25) is 0 Å². The molecule has 6 heteroatoms. The quantitative estimate of drug-likeness (QED) is 0.592. The lowest BCUT2D eigenvalue weighted by atomic mass is 9.79. The van der Waals surface area contributed by atoms with Crippen molar-refractivity contribution in [1.29, 1.82) is 0 Å². The van der Waals surface area contributed by atoms with E-state index in [9.17, 15) is 4.79 Å². The van der Waals surface area contributed by atoms with Crippen LogP contribution < -0.4 is 14.8 Å². The second-order valence-corrected chi connectivity index (χ2v) is 8.00. The van der Waals surface area contributed by atoms with Crippen LogP contribution in [0, 0.1) is 12.3 Å². The molecule has 1 saturated carbocycles. The number of amides is 1. The monoisotopic (exact) mass is 441 g/mol. The number of hydrogen-bond donors (Lipinski definition) is 1. The summed E-state index contributed by atoms with van der Waals surface area (Å²) in [5, 5.41) is 3.82. The van der Waals surface area contributed by atoms with Crippen molar-refractivity contribution in [3.05, 3.63) is 58.6 Å². The molecule has 3 atom stereocenters. The van der Waals surface area contributed by atoms with Gasteiger partial charge in [-0.1, -0.05) is 48.6 Å². The number of carbonyl (C=O) groups excluding carboxylic acids is 1. The molecule has 1 fully saturated rings. The molecule has 3 rings (SSSR count). The lowest BCUT2D eigenvalue weighted by Gasteiger charge is -2.34. The van der Waals surface area contributed by atoms with Gasteiger partial charge in [-0.3, -0.25) is 4.79 Å². The van der Waals surface area contributed by atoms with Crippen molar-refractivity contribution in [2.24, 2.45) is 0 Å². The number of ether oxygens (including phenoxy) is 3. The van der Waals surface area contributed by atoms with Crippen LogP contribution in [0.2, 0.25) is 5.02 Å². The zero-order valence-corrected chi connectivity index (χ0v) is 18.7. The smallest absolute Gasteiger partial charge is 0.254 e. The average molecular weight is 442 g/mol. The van der Waals surface area contributed by atoms with Crippen molar-refractivity contribution < 1.29 is 19.0 Å². The van der Waals surface area contributed by atoms with E-state index in [4.69, 9.17) is 32.2 Å². The molecular formula is C25H28ClNO4. The van der Waals surface area contributed by atoms with E-state index in [-0.39, 0.29) is 24.5 Å². The van der Waals surface area contributed by atoms with E-state index in [0.29, 0.717) is 16.5 Å². The van der Waals surface area contributed by atoms with E-state index in [1.165, 1.54) is 0 Å². The first-order valence-electron chi connectivity index (χ1n) is 10.4. The zero-order valence-electron chi connectivity index (χ0n) is 17.9. The SMILES string of the molecule is C#CCOC(C(=O)N[C@H]1CCCC[C@@H]1c1ccc(OC)c(OC)c1)c1ccc(Cl)cc1. The topological polar surface area (TPSA) is 56.8 Å². The number of rotatable bonds is 8. The van der Waals surface area contributed by atoms with Gasteiger partial charge in [0.05, 0.1) is 14.2 Å². The Morgan fingerprint density at radius 3 is 2.52 bits per heavy atom. The van der Waals surface area contributed by atoms with Crippen molar-refractivity contribution in [2.45, 2.75) is 43.7 Å². The van der Waals surface area contributed by atoms with Gasteiger partial charge in [-0.05, 0) is 48.2 Å². The molecule has 0 aliphatic heterocycles. The maximum atomic E-state index is 13.2. The van der Waals surface area contributed by atoms with Crippen LogP contribution in [0.25, 0.3) is 0 Å². The van der Waals surface area contributed by atoms with Crippen LogP contribution in [0.3, 0.4) is 0 Å². The molecule has 0 aromatic heterocycles. The van der Waals surface area contributed by atoms with E-state index < -0.39 is 6.10 Å². The molecule has 1 aliphatic carbocycles. The molecule has 31 heavy (non-hydrogen) atoms. The van der Waals surface area contributed by atoms with Crippen LogP contribution >= 0.6 is 11.6 Å². The fraction of sp³-hybridized carbons (Fsp3) is 0.400. The maximum absolute atomic E-state index is 13.2. The van der Waals surface area contributed by atoms with Gasteiger partial charge in [0.15, 0.2) is 17.6 Å². The van der Waals surface area contributed by atoms with Crippen LogP contribution in [0.5, 0.6) is 11.5 Å². The molecule has 2 aromatic rings. The second-order valence-electron chi connectivity index (χ2n) is 7.57. The Labute approximate surface area is 189 Å². The summed E-state index contributed by atoms with van der Waals surface area (Å²) in [6.45, 7) is 0.0461. The van der Waals surface area contributed by atoms with Crippen LogP contribution in [-0.2, 0) is 9.53 Å². The van der Waals surface area contributed by atoms with Crippen LogP contribution in [-0.4, -0.2) is 32.8 Å². The Bertz CT molecular complexity index is 922. The lowest BCUT2D eigenvalue weighted by Crippen LogP contribution is -2.43. The summed E-state index contributed by atoms with van der Waals surface area (Å²) in [6.07, 6.45) is 8.62. The van der Waals surface area contributed by atoms with Gasteiger partial charge in [0, 0.05) is 17.0 Å². The first kappa shape index (κ1) is 23.0. The second kappa shape index (κ2) is 11.1. The van der Waals surface area contributed by atoms with E-state index in [1.54, 1.807) is 38.5 Å². The van der Waals surface area contributed by atoms with Gasteiger partial charge in [0.25, 0.3) is 5.91 Å². The summed E-state index contributed by atoms with van der Waals surface area (Å²) in [7, 11) is 3.25. The number of benzene rings is 2. The zero-order chi connectivity index (χ0) is 22.2. The molecule has 1 amide bonds. The maximum Gasteiger partial charge on any atom is 0.254 e. The molecule has 164 valence electrons. The van der Waals surface area contributed by atoms with Crippen LogP contribution in [0.4, 0.5) is 0 Å². The Hall–Kier alpha value is -2.68. The van der Waals surface area contributed by atoms with E-state index >= 15 is 0 Å². The Morgan fingerprint density at radius 1 is 1.13 bits per heavy atom. The third kappa shape index (κ3) is 5.72. The molecule has 0 radical (unpaired) electrons. The third-order valence-corrected chi connectivity index (χ3v) is 5.93. The highest BCUT2D eigenvalue weighted by Gasteiger charge is 2.31. The molecule has 2 aromatic carbocycles. The first-order chi connectivity index (χ1) is 15.1. The predicted octanol–water partition coefficient (Wildman–Crippen LogP) is 4.89. The van der Waals surface area contributed by atoms with Gasteiger partial charge in [-0.2, -0.15) is 0 Å². The molecule has 0 bridgehead atoms. The molecule has 0 saturated heterocycles. The Morgan fingerprint density at radius 2 is 1.84 bits per heavy atom. The molecule has 1 N–H and O–H groups in total. The fourth-order valence-electron chi connectivity index (χ4n) is 4.14. The van der Waals surface area contributed by atoms with Gasteiger partial charge in [0.1, 0.15) is 6.61 Å². The van der Waals surface area contributed by atoms with Crippen molar-refractivity contribution in [3.63, 3.8) is 0 Å². The van der Waals surface area contributed by atoms with Gasteiger partial charge in [-0.15, -0.1) is 6.42 Å². The highest BCUT2D eigenvalue weighted by atomic mass is 35.5. The summed E-state index contributed by atoms with van der Waals surface area (Å²) in [5.74, 6) is 3.79. The number of carbonyl (C=O) groups is 1. The highest BCUT2D eigenvalue weighted by molar-refractivity contribution is 6.30. The molecule has 0 spiro atoms. The van der Waals surface area contributed by atoms with E-state index in [1.807, 2.05) is 18.2 Å². The lowest BCUT2D eigenvalue weighted by molar-refractivity contribution is -0.133. The minimum atomic E-state index is -0.790. The van der Waals surface area contributed by atoms with E-state index in [2.05, 4.69) is 11.2 Å². The van der Waals surface area contributed by atoms with E-state index in [0.717, 1.165) is 36.8 Å². The van der Waals surface area contributed by atoms with Gasteiger partial charge < -0.3 is 19.5 Å². The summed E-state index contributed by atoms with van der Waals surface area (Å²) < 4.78 is 16.5. The summed E-state index contributed by atoms with van der Waals surface area (Å²) >= 11 is 6.00. The molecule has 5 nitrogen and oxygen atoms in total. The molecular weight excluding hydrogens is 414 g/mol. The third-order valence-electron chi connectivity index (χ3n) is 5.67. The molecule has 0 heterocycles. The first-order valence-corrected chi connectivity index (χ1v) is 10.8. The number of hydrogen-bond acceptors (Lipinski definition) is 4. The average Bonchev–Trinajstić information content (AvgIpc) is 2.80. The summed E-state index contributed by atoms with van der Waals surface area (Å²) in [5.41, 5.74) is 1.84. The largest absolute Gasteiger partial charge is 0.493 e. The van der Waals surface area contributed by atoms with Crippen molar-refractivity contribution in [2.75, 3.05) is 20.8 Å². The molecule has 1 aliphatic rings. The number of nitrogens with one attached hydrogen (secondary N) is 1. The predicted molar refractivity (Wildman–Crippen MR) is 122 cm³/mol. The van der Waals surface area contributed by atoms with Crippen LogP contribution in [0.15, 0.2) is 42.5 Å². The molecule has 1 unspecified atom stereocenters.